The fourth-order valence-corrected chi connectivity index (χ4v) is 3.48. The summed E-state index contributed by atoms with van der Waals surface area (Å²) in [5, 5.41) is 2.32. The lowest BCUT2D eigenvalue weighted by molar-refractivity contribution is -0.134. The average molecular weight is 356 g/mol. The number of fused-ring (bicyclic) bond motifs is 1. The molecule has 0 aliphatic carbocycles. The molecule has 2 aromatic rings. The molecule has 0 N–H and O–H groups in total. The molecule has 0 radical (unpaired) electrons. The number of morpholine rings is 1. The molecule has 5 heteroatoms. The first-order valence-corrected chi connectivity index (χ1v) is 9.34. The second-order valence-electron chi connectivity index (χ2n) is 6.63. The summed E-state index contributed by atoms with van der Waals surface area (Å²) in [4.78, 5) is 16.5. The van der Waals surface area contributed by atoms with Gasteiger partial charge < -0.3 is 14.4 Å². The zero-order valence-corrected chi connectivity index (χ0v) is 15.9. The fraction of sp³-hybridized carbons (Fsp3) is 0.476. The van der Waals surface area contributed by atoms with Gasteiger partial charge in [-0.1, -0.05) is 18.2 Å². The van der Waals surface area contributed by atoms with Crippen molar-refractivity contribution in [2.75, 3.05) is 46.4 Å². The van der Waals surface area contributed by atoms with Crippen LogP contribution in [0.25, 0.3) is 10.8 Å². The van der Waals surface area contributed by atoms with Gasteiger partial charge in [-0.3, -0.25) is 9.69 Å². The number of carbonyl (C=O) groups excluding carboxylic acids is 1. The monoisotopic (exact) mass is 356 g/mol. The van der Waals surface area contributed by atoms with Gasteiger partial charge in [-0.2, -0.15) is 0 Å². The van der Waals surface area contributed by atoms with Crippen LogP contribution in [-0.4, -0.2) is 62.1 Å². The molecule has 1 heterocycles. The number of amides is 1. The minimum atomic E-state index is -0.000227. The predicted molar refractivity (Wildman–Crippen MR) is 104 cm³/mol. The molecule has 1 aliphatic rings. The molecule has 0 aromatic heterocycles. The van der Waals surface area contributed by atoms with E-state index in [2.05, 4.69) is 29.2 Å². The number of rotatable bonds is 6. The minimum absolute atomic E-state index is 0.000227. The van der Waals surface area contributed by atoms with E-state index in [1.165, 1.54) is 5.39 Å². The van der Waals surface area contributed by atoms with E-state index in [-0.39, 0.29) is 12.0 Å². The molecule has 1 aliphatic heterocycles. The number of hydrogen-bond donors (Lipinski definition) is 0. The van der Waals surface area contributed by atoms with Crippen LogP contribution < -0.4 is 4.74 Å². The van der Waals surface area contributed by atoms with Crippen molar-refractivity contribution in [2.24, 2.45) is 0 Å². The summed E-state index contributed by atoms with van der Waals surface area (Å²) in [5.74, 6) is 1.06. The molecule has 1 fully saturated rings. The third kappa shape index (κ3) is 4.17. The van der Waals surface area contributed by atoms with Gasteiger partial charge in [0, 0.05) is 26.2 Å². The number of hydrogen-bond acceptors (Lipinski definition) is 4. The number of benzene rings is 2. The second kappa shape index (κ2) is 8.52. The zero-order valence-electron chi connectivity index (χ0n) is 15.9. The lowest BCUT2D eigenvalue weighted by Gasteiger charge is -2.34. The lowest BCUT2D eigenvalue weighted by atomic mass is 10.0. The number of likely N-dealkylation sites (N-methyl/N-ethyl adjacent to an activating group) is 1. The van der Waals surface area contributed by atoms with Crippen LogP contribution in [0, 0.1) is 0 Å². The van der Waals surface area contributed by atoms with Gasteiger partial charge in [0.15, 0.2) is 0 Å². The molecule has 3 rings (SSSR count). The topological polar surface area (TPSA) is 42.0 Å². The van der Waals surface area contributed by atoms with Crippen molar-refractivity contribution in [3.8, 4) is 5.75 Å². The number of methoxy groups -OCH3 is 1. The Morgan fingerprint density at radius 1 is 1.19 bits per heavy atom. The summed E-state index contributed by atoms with van der Waals surface area (Å²) in [6, 6.07) is 12.5. The summed E-state index contributed by atoms with van der Waals surface area (Å²) in [6.45, 7) is 8.22. The third-order valence-electron chi connectivity index (χ3n) is 5.07. The summed E-state index contributed by atoms with van der Waals surface area (Å²) in [6.07, 6.45) is -0.000227. The molecule has 2 aromatic carbocycles. The van der Waals surface area contributed by atoms with Crippen molar-refractivity contribution in [3.63, 3.8) is 0 Å². The molecule has 1 atom stereocenters. The largest absolute Gasteiger partial charge is 0.497 e. The average Bonchev–Trinajstić information content (AvgIpc) is 2.68. The highest BCUT2D eigenvalue weighted by Crippen LogP contribution is 2.27. The number of ether oxygens (including phenoxy) is 2. The van der Waals surface area contributed by atoms with Crippen LogP contribution in [0.1, 0.15) is 25.5 Å². The molecule has 0 saturated carbocycles. The normalized spacial score (nSPS) is 18.0. The quantitative estimate of drug-likeness (QED) is 0.798. The number of carbonyl (C=O) groups is 1. The highest BCUT2D eigenvalue weighted by molar-refractivity contribution is 5.84. The van der Waals surface area contributed by atoms with E-state index in [0.29, 0.717) is 13.2 Å². The predicted octanol–water partition coefficient (Wildman–Crippen LogP) is 3.09. The summed E-state index contributed by atoms with van der Waals surface area (Å²) >= 11 is 0. The molecule has 1 saturated heterocycles. The maximum absolute atomic E-state index is 12.4. The van der Waals surface area contributed by atoms with Crippen LogP contribution in [0.5, 0.6) is 5.75 Å². The molecule has 0 unspecified atom stereocenters. The van der Waals surface area contributed by atoms with Crippen LogP contribution >= 0.6 is 0 Å². The van der Waals surface area contributed by atoms with E-state index in [0.717, 1.165) is 42.9 Å². The van der Waals surface area contributed by atoms with Crippen LogP contribution in [0.2, 0.25) is 0 Å². The van der Waals surface area contributed by atoms with Gasteiger partial charge in [0.05, 0.1) is 26.4 Å². The van der Waals surface area contributed by atoms with Crippen LogP contribution in [0.15, 0.2) is 36.4 Å². The third-order valence-corrected chi connectivity index (χ3v) is 5.07. The van der Waals surface area contributed by atoms with Crippen LogP contribution in [-0.2, 0) is 9.53 Å². The van der Waals surface area contributed by atoms with Crippen molar-refractivity contribution in [1.29, 1.82) is 0 Å². The van der Waals surface area contributed by atoms with Gasteiger partial charge in [0.25, 0.3) is 0 Å². The van der Waals surface area contributed by atoms with Gasteiger partial charge in [0.1, 0.15) is 5.75 Å². The standard InChI is InChI=1S/C21H28N2O3/c1-4-23(5-2)21(24)15-22-10-11-26-20(14-22)18-7-6-17-13-19(25-3)9-8-16(17)12-18/h6-9,12-13,20H,4-5,10-11,14-15H2,1-3H3/t20-/m0/s1. The molecule has 0 spiro atoms. The Morgan fingerprint density at radius 2 is 1.92 bits per heavy atom. The molecule has 140 valence electrons. The highest BCUT2D eigenvalue weighted by atomic mass is 16.5. The first-order chi connectivity index (χ1) is 12.6. The van der Waals surface area contributed by atoms with Gasteiger partial charge >= 0.3 is 0 Å². The Labute approximate surface area is 155 Å². The van der Waals surface area contributed by atoms with E-state index in [1.54, 1.807) is 7.11 Å². The maximum Gasteiger partial charge on any atom is 0.236 e. The minimum Gasteiger partial charge on any atom is -0.497 e. The first-order valence-electron chi connectivity index (χ1n) is 9.34. The highest BCUT2D eigenvalue weighted by Gasteiger charge is 2.24. The lowest BCUT2D eigenvalue weighted by Crippen LogP contribution is -2.45. The second-order valence-corrected chi connectivity index (χ2v) is 6.63. The van der Waals surface area contributed by atoms with Gasteiger partial charge in [0.2, 0.25) is 5.91 Å². The van der Waals surface area contributed by atoms with Gasteiger partial charge in [-0.15, -0.1) is 0 Å². The summed E-state index contributed by atoms with van der Waals surface area (Å²) in [7, 11) is 1.68. The van der Waals surface area contributed by atoms with E-state index in [4.69, 9.17) is 9.47 Å². The fourth-order valence-electron chi connectivity index (χ4n) is 3.48. The van der Waals surface area contributed by atoms with E-state index >= 15 is 0 Å². The Bertz CT molecular complexity index is 758. The Balaban J connectivity index is 1.71. The molecule has 5 nitrogen and oxygen atoms in total. The van der Waals surface area contributed by atoms with Gasteiger partial charge in [-0.25, -0.2) is 0 Å². The molecule has 1 amide bonds. The van der Waals surface area contributed by atoms with E-state index in [1.807, 2.05) is 30.9 Å². The molecular formula is C21H28N2O3. The Morgan fingerprint density at radius 3 is 2.65 bits per heavy atom. The van der Waals surface area contributed by atoms with Crippen molar-refractivity contribution in [2.45, 2.75) is 20.0 Å². The maximum atomic E-state index is 12.4. The van der Waals surface area contributed by atoms with E-state index in [9.17, 15) is 4.79 Å². The smallest absolute Gasteiger partial charge is 0.236 e. The Kier molecular flexibility index (Phi) is 6.12. The van der Waals surface area contributed by atoms with Crippen molar-refractivity contribution in [1.82, 2.24) is 9.80 Å². The Hall–Kier alpha value is -2.11. The van der Waals surface area contributed by atoms with Crippen LogP contribution in [0.3, 0.4) is 0 Å². The van der Waals surface area contributed by atoms with Crippen molar-refractivity contribution < 1.29 is 14.3 Å². The SMILES string of the molecule is CCN(CC)C(=O)CN1CCO[C@H](c2ccc3cc(OC)ccc3c2)C1. The van der Waals surface area contributed by atoms with Crippen molar-refractivity contribution >= 4 is 16.7 Å². The summed E-state index contributed by atoms with van der Waals surface area (Å²) in [5.41, 5.74) is 1.16. The zero-order chi connectivity index (χ0) is 18.5. The van der Waals surface area contributed by atoms with E-state index < -0.39 is 0 Å². The van der Waals surface area contributed by atoms with Crippen LogP contribution in [0.4, 0.5) is 0 Å². The molecule has 26 heavy (non-hydrogen) atoms. The molecular weight excluding hydrogens is 328 g/mol. The number of nitrogens with zero attached hydrogens (tertiary/aromatic N) is 2. The first kappa shape index (κ1) is 18.7. The summed E-state index contributed by atoms with van der Waals surface area (Å²) < 4.78 is 11.3. The van der Waals surface area contributed by atoms with Gasteiger partial charge in [-0.05, 0) is 48.4 Å². The molecule has 0 bridgehead atoms. The van der Waals surface area contributed by atoms with Crippen molar-refractivity contribution in [3.05, 3.63) is 42.0 Å².